The zero-order chi connectivity index (χ0) is 14.4. The number of carboxylic acids is 1. The summed E-state index contributed by atoms with van der Waals surface area (Å²) in [6, 6.07) is 18.5. The van der Waals surface area contributed by atoms with Gasteiger partial charge in [-0.2, -0.15) is 0 Å². The van der Waals surface area contributed by atoms with Crippen LogP contribution in [0, 0.1) is 0 Å². The van der Waals surface area contributed by atoms with E-state index >= 15 is 0 Å². The van der Waals surface area contributed by atoms with Crippen LogP contribution in [0.2, 0.25) is 0 Å². The van der Waals surface area contributed by atoms with Gasteiger partial charge in [0.15, 0.2) is 6.10 Å². The lowest BCUT2D eigenvalue weighted by molar-refractivity contribution is -0.154. The van der Waals surface area contributed by atoms with E-state index in [-0.39, 0.29) is 0 Å². The first-order valence-electron chi connectivity index (χ1n) is 6.18. The third-order valence-corrected chi connectivity index (χ3v) is 2.75. The molecule has 0 spiro atoms. The van der Waals surface area contributed by atoms with Gasteiger partial charge >= 0.3 is 11.9 Å². The van der Waals surface area contributed by atoms with Crippen molar-refractivity contribution in [1.29, 1.82) is 0 Å². The van der Waals surface area contributed by atoms with Crippen molar-refractivity contribution >= 4 is 11.9 Å². The van der Waals surface area contributed by atoms with Crippen molar-refractivity contribution in [3.63, 3.8) is 0 Å². The van der Waals surface area contributed by atoms with E-state index in [1.54, 1.807) is 0 Å². The van der Waals surface area contributed by atoms with Gasteiger partial charge in [0, 0.05) is 0 Å². The zero-order valence-corrected chi connectivity index (χ0v) is 10.7. The lowest BCUT2D eigenvalue weighted by Crippen LogP contribution is -2.15. The minimum atomic E-state index is -1.20. The highest BCUT2D eigenvalue weighted by Gasteiger charge is 2.20. The molecule has 1 N–H and O–H groups in total. The number of carbonyl (C=O) groups excluding carboxylic acids is 1. The van der Waals surface area contributed by atoms with Crippen molar-refractivity contribution in [2.24, 2.45) is 0 Å². The second kappa shape index (κ2) is 6.52. The van der Waals surface area contributed by atoms with E-state index in [1.165, 1.54) is 0 Å². The summed E-state index contributed by atoms with van der Waals surface area (Å²) in [5.74, 6) is -1.95. The number of rotatable bonds is 5. The molecule has 0 unspecified atom stereocenters. The van der Waals surface area contributed by atoms with E-state index in [1.807, 2.05) is 60.7 Å². The molecule has 0 amide bonds. The highest BCUT2D eigenvalue weighted by Crippen LogP contribution is 2.26. The van der Waals surface area contributed by atoms with Crippen LogP contribution in [0.25, 0.3) is 0 Å². The van der Waals surface area contributed by atoms with Crippen LogP contribution in [0.3, 0.4) is 0 Å². The molecule has 4 heteroatoms. The predicted octanol–water partition coefficient (Wildman–Crippen LogP) is 2.79. The normalized spacial score (nSPS) is 10.2. The molecule has 0 atom stereocenters. The SMILES string of the molecule is O=C(O)CC(=O)OC(c1ccccc1)c1ccccc1. The van der Waals surface area contributed by atoms with E-state index in [0.717, 1.165) is 11.1 Å². The van der Waals surface area contributed by atoms with Gasteiger partial charge in [-0.05, 0) is 11.1 Å². The Morgan fingerprint density at radius 3 is 1.75 bits per heavy atom. The monoisotopic (exact) mass is 270 g/mol. The molecular weight excluding hydrogens is 256 g/mol. The summed E-state index contributed by atoms with van der Waals surface area (Å²) in [6.45, 7) is 0. The van der Waals surface area contributed by atoms with Gasteiger partial charge in [-0.15, -0.1) is 0 Å². The summed E-state index contributed by atoms with van der Waals surface area (Å²) in [5.41, 5.74) is 1.61. The largest absolute Gasteiger partial charge is 0.481 e. The maximum atomic E-state index is 11.6. The molecule has 102 valence electrons. The van der Waals surface area contributed by atoms with Gasteiger partial charge in [0.25, 0.3) is 0 Å². The van der Waals surface area contributed by atoms with Crippen molar-refractivity contribution in [1.82, 2.24) is 0 Å². The van der Waals surface area contributed by atoms with Crippen molar-refractivity contribution in [3.05, 3.63) is 71.8 Å². The lowest BCUT2D eigenvalue weighted by Gasteiger charge is -2.18. The van der Waals surface area contributed by atoms with Crippen LogP contribution in [-0.4, -0.2) is 17.0 Å². The molecular formula is C16H14O4. The molecule has 0 saturated carbocycles. The van der Waals surface area contributed by atoms with Crippen molar-refractivity contribution in [2.75, 3.05) is 0 Å². The van der Waals surface area contributed by atoms with Crippen molar-refractivity contribution in [3.8, 4) is 0 Å². The fraction of sp³-hybridized carbons (Fsp3) is 0.125. The van der Waals surface area contributed by atoms with Crippen molar-refractivity contribution < 1.29 is 19.4 Å². The first kappa shape index (κ1) is 13.8. The van der Waals surface area contributed by atoms with Crippen LogP contribution in [0.1, 0.15) is 23.7 Å². The molecule has 0 saturated heterocycles. The Balaban J connectivity index is 2.26. The van der Waals surface area contributed by atoms with Gasteiger partial charge in [-0.25, -0.2) is 0 Å². The Hall–Kier alpha value is -2.62. The Labute approximate surface area is 116 Å². The van der Waals surface area contributed by atoms with Crippen molar-refractivity contribution in [2.45, 2.75) is 12.5 Å². The number of carbonyl (C=O) groups is 2. The molecule has 2 aromatic carbocycles. The highest BCUT2D eigenvalue weighted by atomic mass is 16.5. The topological polar surface area (TPSA) is 63.6 Å². The van der Waals surface area contributed by atoms with E-state index in [0.29, 0.717) is 0 Å². The first-order chi connectivity index (χ1) is 9.66. The average molecular weight is 270 g/mol. The molecule has 0 aliphatic carbocycles. The summed E-state index contributed by atoms with van der Waals surface area (Å²) in [7, 11) is 0. The number of hydrogen-bond donors (Lipinski definition) is 1. The number of aliphatic carboxylic acids is 1. The van der Waals surface area contributed by atoms with Crippen LogP contribution >= 0.6 is 0 Å². The van der Waals surface area contributed by atoms with Gasteiger partial charge in [0.2, 0.25) is 0 Å². The summed E-state index contributed by atoms with van der Waals surface area (Å²) in [4.78, 5) is 22.2. The lowest BCUT2D eigenvalue weighted by atomic mass is 10.0. The highest BCUT2D eigenvalue weighted by molar-refractivity contribution is 5.90. The van der Waals surface area contributed by atoms with E-state index in [2.05, 4.69) is 0 Å². The molecule has 0 aliphatic rings. The van der Waals surface area contributed by atoms with E-state index < -0.39 is 24.5 Å². The average Bonchev–Trinajstić information content (AvgIpc) is 2.46. The maximum absolute atomic E-state index is 11.6. The number of hydrogen-bond acceptors (Lipinski definition) is 3. The third-order valence-electron chi connectivity index (χ3n) is 2.75. The Morgan fingerprint density at radius 2 is 1.35 bits per heavy atom. The molecule has 0 heterocycles. The smallest absolute Gasteiger partial charge is 0.318 e. The number of esters is 1. The maximum Gasteiger partial charge on any atom is 0.318 e. The number of carboxylic acid groups (broad SMARTS) is 1. The zero-order valence-electron chi connectivity index (χ0n) is 10.7. The molecule has 0 fully saturated rings. The van der Waals surface area contributed by atoms with Crippen LogP contribution in [0.4, 0.5) is 0 Å². The van der Waals surface area contributed by atoms with Crippen LogP contribution < -0.4 is 0 Å². The Bertz CT molecular complexity index is 538. The minimum Gasteiger partial charge on any atom is -0.481 e. The predicted molar refractivity (Wildman–Crippen MR) is 73.1 cm³/mol. The molecule has 4 nitrogen and oxygen atoms in total. The fourth-order valence-corrected chi connectivity index (χ4v) is 1.88. The van der Waals surface area contributed by atoms with Crippen LogP contribution in [-0.2, 0) is 14.3 Å². The molecule has 2 aromatic rings. The standard InChI is InChI=1S/C16H14O4/c17-14(18)11-15(19)20-16(12-7-3-1-4-8-12)13-9-5-2-6-10-13/h1-10,16H,11H2,(H,17,18). The Kier molecular flexibility index (Phi) is 4.50. The minimum absolute atomic E-state index is 0.593. The Morgan fingerprint density at radius 1 is 0.900 bits per heavy atom. The van der Waals surface area contributed by atoms with Crippen LogP contribution in [0.15, 0.2) is 60.7 Å². The summed E-state index contributed by atoms with van der Waals surface area (Å²) < 4.78 is 5.31. The first-order valence-corrected chi connectivity index (χ1v) is 6.18. The molecule has 2 rings (SSSR count). The van der Waals surface area contributed by atoms with Gasteiger partial charge in [-0.1, -0.05) is 60.7 Å². The van der Waals surface area contributed by atoms with E-state index in [9.17, 15) is 9.59 Å². The van der Waals surface area contributed by atoms with Gasteiger partial charge < -0.3 is 9.84 Å². The summed E-state index contributed by atoms with van der Waals surface area (Å²) >= 11 is 0. The summed E-state index contributed by atoms with van der Waals surface area (Å²) in [6.07, 6.45) is -1.24. The summed E-state index contributed by atoms with van der Waals surface area (Å²) in [5, 5.41) is 8.64. The van der Waals surface area contributed by atoms with Gasteiger partial charge in [0.1, 0.15) is 6.42 Å². The molecule has 0 aliphatic heterocycles. The van der Waals surface area contributed by atoms with Gasteiger partial charge in [0.05, 0.1) is 0 Å². The third kappa shape index (κ3) is 3.68. The second-order valence-corrected chi connectivity index (χ2v) is 4.26. The molecule has 0 radical (unpaired) electrons. The number of benzene rings is 2. The second-order valence-electron chi connectivity index (χ2n) is 4.26. The van der Waals surface area contributed by atoms with Gasteiger partial charge in [-0.3, -0.25) is 9.59 Å². The fourth-order valence-electron chi connectivity index (χ4n) is 1.88. The molecule has 0 bridgehead atoms. The number of ether oxygens (including phenoxy) is 1. The molecule has 0 aromatic heterocycles. The van der Waals surface area contributed by atoms with E-state index in [4.69, 9.17) is 9.84 Å². The quantitative estimate of drug-likeness (QED) is 0.670. The molecule has 20 heavy (non-hydrogen) atoms. The van der Waals surface area contributed by atoms with Crippen LogP contribution in [0.5, 0.6) is 0 Å².